The van der Waals surface area contributed by atoms with Crippen LogP contribution in [0.25, 0.3) is 0 Å². The van der Waals surface area contributed by atoms with Gasteiger partial charge in [0.05, 0.1) is 13.2 Å². The Bertz CT molecular complexity index is 670. The van der Waals surface area contributed by atoms with Crippen LogP contribution in [0.5, 0.6) is 5.75 Å². The van der Waals surface area contributed by atoms with Gasteiger partial charge in [-0.15, -0.1) is 0 Å². The number of hydrogen-bond donors (Lipinski definition) is 2. The molecule has 4 nitrogen and oxygen atoms in total. The van der Waals surface area contributed by atoms with Crippen molar-refractivity contribution in [1.29, 1.82) is 0 Å². The number of hydrogen-bond acceptors (Lipinski definition) is 3. The van der Waals surface area contributed by atoms with E-state index in [0.29, 0.717) is 6.54 Å². The van der Waals surface area contributed by atoms with Gasteiger partial charge >= 0.3 is 0 Å². The SMILES string of the molecule is COc1cccc(CNC(=O)C2Cc3ccccc3CN2)c1. The zero-order valence-corrected chi connectivity index (χ0v) is 12.6. The van der Waals surface area contributed by atoms with Crippen LogP contribution in [0.3, 0.4) is 0 Å². The smallest absolute Gasteiger partial charge is 0.237 e. The van der Waals surface area contributed by atoms with E-state index in [0.717, 1.165) is 24.3 Å². The molecule has 0 saturated carbocycles. The molecule has 1 unspecified atom stereocenters. The van der Waals surface area contributed by atoms with Crippen LogP contribution < -0.4 is 15.4 Å². The van der Waals surface area contributed by atoms with E-state index in [-0.39, 0.29) is 11.9 Å². The van der Waals surface area contributed by atoms with E-state index in [1.54, 1.807) is 7.11 Å². The molecule has 0 saturated heterocycles. The van der Waals surface area contributed by atoms with Crippen molar-refractivity contribution < 1.29 is 9.53 Å². The van der Waals surface area contributed by atoms with Gasteiger partial charge in [-0.25, -0.2) is 0 Å². The van der Waals surface area contributed by atoms with E-state index >= 15 is 0 Å². The normalized spacial score (nSPS) is 16.7. The quantitative estimate of drug-likeness (QED) is 0.907. The summed E-state index contributed by atoms with van der Waals surface area (Å²) in [5.74, 6) is 0.841. The second-order valence-electron chi connectivity index (χ2n) is 5.48. The number of benzene rings is 2. The predicted molar refractivity (Wildman–Crippen MR) is 85.6 cm³/mol. The van der Waals surface area contributed by atoms with Gasteiger partial charge < -0.3 is 15.4 Å². The molecule has 114 valence electrons. The van der Waals surface area contributed by atoms with Crippen molar-refractivity contribution >= 4 is 5.91 Å². The molecular weight excluding hydrogens is 276 g/mol. The number of rotatable bonds is 4. The van der Waals surface area contributed by atoms with Crippen LogP contribution >= 0.6 is 0 Å². The lowest BCUT2D eigenvalue weighted by Crippen LogP contribution is -2.47. The molecule has 2 N–H and O–H groups in total. The summed E-state index contributed by atoms with van der Waals surface area (Å²) < 4.78 is 5.19. The summed E-state index contributed by atoms with van der Waals surface area (Å²) in [6.45, 7) is 1.25. The first-order chi connectivity index (χ1) is 10.8. The van der Waals surface area contributed by atoms with Crippen molar-refractivity contribution in [2.75, 3.05) is 7.11 Å². The maximum atomic E-state index is 12.3. The lowest BCUT2D eigenvalue weighted by atomic mass is 9.95. The van der Waals surface area contributed by atoms with Crippen molar-refractivity contribution in [3.63, 3.8) is 0 Å². The third kappa shape index (κ3) is 3.28. The van der Waals surface area contributed by atoms with E-state index in [2.05, 4.69) is 22.8 Å². The van der Waals surface area contributed by atoms with Crippen LogP contribution in [-0.2, 0) is 24.3 Å². The number of carbonyl (C=O) groups excluding carboxylic acids is 1. The molecule has 3 rings (SSSR count). The van der Waals surface area contributed by atoms with Gasteiger partial charge in [-0.05, 0) is 35.2 Å². The van der Waals surface area contributed by atoms with Gasteiger partial charge in [-0.1, -0.05) is 36.4 Å². The Morgan fingerprint density at radius 2 is 2.05 bits per heavy atom. The van der Waals surface area contributed by atoms with Crippen LogP contribution in [0, 0.1) is 0 Å². The highest BCUT2D eigenvalue weighted by Crippen LogP contribution is 2.16. The molecule has 0 fully saturated rings. The molecule has 22 heavy (non-hydrogen) atoms. The number of carbonyl (C=O) groups is 1. The van der Waals surface area contributed by atoms with E-state index in [9.17, 15) is 4.79 Å². The minimum Gasteiger partial charge on any atom is -0.497 e. The van der Waals surface area contributed by atoms with E-state index in [1.165, 1.54) is 11.1 Å². The predicted octanol–water partition coefficient (Wildman–Crippen LogP) is 2.03. The topological polar surface area (TPSA) is 50.4 Å². The van der Waals surface area contributed by atoms with Crippen molar-refractivity contribution in [3.8, 4) is 5.75 Å². The Labute approximate surface area is 130 Å². The molecule has 2 aromatic rings. The average Bonchev–Trinajstić information content (AvgIpc) is 2.59. The summed E-state index contributed by atoms with van der Waals surface area (Å²) in [5.41, 5.74) is 3.56. The number of methoxy groups -OCH3 is 1. The number of fused-ring (bicyclic) bond motifs is 1. The van der Waals surface area contributed by atoms with Crippen molar-refractivity contribution in [3.05, 3.63) is 65.2 Å². The van der Waals surface area contributed by atoms with Crippen LogP contribution in [0.4, 0.5) is 0 Å². The third-order valence-electron chi connectivity index (χ3n) is 4.00. The third-order valence-corrected chi connectivity index (χ3v) is 4.00. The molecular formula is C18H20N2O2. The standard InChI is InChI=1S/C18H20N2O2/c1-22-16-8-4-5-13(9-16)11-20-18(21)17-10-14-6-2-3-7-15(14)12-19-17/h2-9,17,19H,10-12H2,1H3,(H,20,21). The second kappa shape index (κ2) is 6.62. The number of nitrogens with one attached hydrogen (secondary N) is 2. The van der Waals surface area contributed by atoms with Crippen LogP contribution in [0.1, 0.15) is 16.7 Å². The molecule has 0 radical (unpaired) electrons. The molecule has 1 aliphatic heterocycles. The Kier molecular flexibility index (Phi) is 4.39. The second-order valence-corrected chi connectivity index (χ2v) is 5.48. The summed E-state index contributed by atoms with van der Waals surface area (Å²) >= 11 is 0. The van der Waals surface area contributed by atoms with Crippen molar-refractivity contribution in [1.82, 2.24) is 10.6 Å². The van der Waals surface area contributed by atoms with Gasteiger partial charge in [0.15, 0.2) is 0 Å². The maximum Gasteiger partial charge on any atom is 0.237 e. The summed E-state index contributed by atoms with van der Waals surface area (Å²) in [7, 11) is 1.64. The summed E-state index contributed by atoms with van der Waals surface area (Å²) in [5, 5.41) is 6.29. The lowest BCUT2D eigenvalue weighted by Gasteiger charge is -2.25. The molecule has 4 heteroatoms. The molecule has 0 aromatic heterocycles. The zero-order valence-electron chi connectivity index (χ0n) is 12.6. The fourth-order valence-electron chi connectivity index (χ4n) is 2.73. The van der Waals surface area contributed by atoms with Crippen molar-refractivity contribution in [2.45, 2.75) is 25.6 Å². The largest absolute Gasteiger partial charge is 0.497 e. The Morgan fingerprint density at radius 3 is 2.86 bits per heavy atom. The molecule has 1 aliphatic rings. The molecule has 1 atom stereocenters. The molecule has 0 aliphatic carbocycles. The van der Waals surface area contributed by atoms with E-state index in [1.807, 2.05) is 36.4 Å². The van der Waals surface area contributed by atoms with Gasteiger partial charge in [0.2, 0.25) is 5.91 Å². The van der Waals surface area contributed by atoms with Crippen LogP contribution in [-0.4, -0.2) is 19.1 Å². The summed E-state index contributed by atoms with van der Waals surface area (Å²) in [6, 6.07) is 15.8. The molecule has 1 amide bonds. The highest BCUT2D eigenvalue weighted by Gasteiger charge is 2.23. The van der Waals surface area contributed by atoms with Crippen molar-refractivity contribution in [2.24, 2.45) is 0 Å². The van der Waals surface area contributed by atoms with Crippen LogP contribution in [0.15, 0.2) is 48.5 Å². The molecule has 0 spiro atoms. The lowest BCUT2D eigenvalue weighted by molar-refractivity contribution is -0.123. The fourth-order valence-corrected chi connectivity index (χ4v) is 2.73. The molecule has 0 bridgehead atoms. The van der Waals surface area contributed by atoms with E-state index in [4.69, 9.17) is 4.74 Å². The Morgan fingerprint density at radius 1 is 1.23 bits per heavy atom. The summed E-state index contributed by atoms with van der Waals surface area (Å²) in [4.78, 5) is 12.3. The number of amides is 1. The number of ether oxygens (including phenoxy) is 1. The monoisotopic (exact) mass is 296 g/mol. The Hall–Kier alpha value is -2.33. The minimum absolute atomic E-state index is 0.0392. The first kappa shape index (κ1) is 14.6. The van der Waals surface area contributed by atoms with Gasteiger partial charge in [0.1, 0.15) is 5.75 Å². The maximum absolute atomic E-state index is 12.3. The molecule has 2 aromatic carbocycles. The van der Waals surface area contributed by atoms with Gasteiger partial charge in [-0.3, -0.25) is 4.79 Å². The van der Waals surface area contributed by atoms with E-state index < -0.39 is 0 Å². The summed E-state index contributed by atoms with van der Waals surface area (Å²) in [6.07, 6.45) is 0.736. The zero-order chi connectivity index (χ0) is 15.4. The minimum atomic E-state index is -0.166. The van der Waals surface area contributed by atoms with Gasteiger partial charge in [0, 0.05) is 13.1 Å². The first-order valence-electron chi connectivity index (χ1n) is 7.47. The Balaban J connectivity index is 1.59. The van der Waals surface area contributed by atoms with Crippen LogP contribution in [0.2, 0.25) is 0 Å². The first-order valence-corrected chi connectivity index (χ1v) is 7.47. The fraction of sp³-hybridized carbons (Fsp3) is 0.278. The highest BCUT2D eigenvalue weighted by molar-refractivity contribution is 5.82. The van der Waals surface area contributed by atoms with Gasteiger partial charge in [0.25, 0.3) is 0 Å². The highest BCUT2D eigenvalue weighted by atomic mass is 16.5. The van der Waals surface area contributed by atoms with Gasteiger partial charge in [-0.2, -0.15) is 0 Å². The average molecular weight is 296 g/mol. The molecule has 1 heterocycles.